The number of primary amides is 1. The number of nitrogens with two attached hydrogens (primary N) is 1. The van der Waals surface area contributed by atoms with E-state index in [0.717, 1.165) is 42.5 Å². The first-order chi connectivity index (χ1) is 15.3. The van der Waals surface area contributed by atoms with Gasteiger partial charge in [0, 0.05) is 23.5 Å². The van der Waals surface area contributed by atoms with Crippen LogP contribution in [0.15, 0.2) is 23.1 Å². The smallest absolute Gasteiger partial charge is 0.256 e. The molecule has 0 saturated carbocycles. The van der Waals surface area contributed by atoms with Crippen LogP contribution in [0.25, 0.3) is 0 Å². The number of carbonyl (C=O) groups is 2. The number of anilines is 1. The van der Waals surface area contributed by atoms with Crippen LogP contribution in [0.3, 0.4) is 0 Å². The second kappa shape index (κ2) is 9.30. The number of hydrogen-bond donors (Lipinski definition) is 2. The minimum atomic E-state index is -3.73. The first-order valence-corrected chi connectivity index (χ1v) is 13.0. The number of carbonyl (C=O) groups excluding carboxylic acids is 2. The molecule has 1 fully saturated rings. The zero-order chi connectivity index (χ0) is 22.9. The molecule has 4 rings (SSSR count). The Morgan fingerprint density at radius 1 is 1.12 bits per heavy atom. The van der Waals surface area contributed by atoms with Gasteiger partial charge in [0.25, 0.3) is 11.8 Å². The molecule has 0 radical (unpaired) electrons. The van der Waals surface area contributed by atoms with Crippen molar-refractivity contribution in [3.8, 4) is 0 Å². The van der Waals surface area contributed by atoms with Crippen molar-refractivity contribution < 1.29 is 22.7 Å². The number of nitrogens with zero attached hydrogens (tertiary/aromatic N) is 1. The lowest BCUT2D eigenvalue weighted by molar-refractivity contribution is 0.0730. The molecule has 0 bridgehead atoms. The number of sulfonamides is 1. The minimum Gasteiger partial charge on any atom is -0.379 e. The standard InChI is InChI=1S/C22H27N3O5S2/c1-14-7-8-15(32(28,29)25-9-11-30-12-10-25)13-17(14)21(27)24-22-19(20(23)26)16-5-3-2-4-6-18(16)31-22/h7-8,13H,2-6,9-12H2,1H3,(H2,23,26)(H,24,27). The van der Waals surface area contributed by atoms with Crippen LogP contribution >= 0.6 is 11.3 Å². The summed E-state index contributed by atoms with van der Waals surface area (Å²) in [5, 5.41) is 3.28. The van der Waals surface area contributed by atoms with Gasteiger partial charge in [0.1, 0.15) is 5.00 Å². The number of benzene rings is 1. The van der Waals surface area contributed by atoms with Gasteiger partial charge in [0.2, 0.25) is 10.0 Å². The molecule has 3 N–H and O–H groups in total. The summed E-state index contributed by atoms with van der Waals surface area (Å²) in [6, 6.07) is 4.54. The Morgan fingerprint density at radius 3 is 2.56 bits per heavy atom. The zero-order valence-corrected chi connectivity index (χ0v) is 19.6. The normalized spacial score (nSPS) is 17.4. The molecule has 0 spiro atoms. The van der Waals surface area contributed by atoms with Gasteiger partial charge >= 0.3 is 0 Å². The molecule has 172 valence electrons. The number of hydrogen-bond acceptors (Lipinski definition) is 6. The van der Waals surface area contributed by atoms with Crippen molar-refractivity contribution in [3.05, 3.63) is 45.3 Å². The highest BCUT2D eigenvalue weighted by molar-refractivity contribution is 7.89. The lowest BCUT2D eigenvalue weighted by Gasteiger charge is -2.26. The van der Waals surface area contributed by atoms with Gasteiger partial charge in [-0.15, -0.1) is 11.3 Å². The van der Waals surface area contributed by atoms with Gasteiger partial charge in [-0.25, -0.2) is 8.42 Å². The quantitative estimate of drug-likeness (QED) is 0.642. The first kappa shape index (κ1) is 22.9. The largest absolute Gasteiger partial charge is 0.379 e. The Hall–Kier alpha value is -2.27. The second-order valence-electron chi connectivity index (χ2n) is 8.08. The predicted molar refractivity (Wildman–Crippen MR) is 123 cm³/mol. The number of amides is 2. The summed E-state index contributed by atoms with van der Waals surface area (Å²) in [6.07, 6.45) is 4.76. The van der Waals surface area contributed by atoms with Gasteiger partial charge in [-0.05, 0) is 55.9 Å². The molecule has 2 amide bonds. The van der Waals surface area contributed by atoms with Crippen molar-refractivity contribution >= 4 is 38.2 Å². The third-order valence-electron chi connectivity index (χ3n) is 5.96. The molecule has 0 unspecified atom stereocenters. The fourth-order valence-corrected chi connectivity index (χ4v) is 6.93. The van der Waals surface area contributed by atoms with Crippen molar-refractivity contribution in [2.75, 3.05) is 31.6 Å². The lowest BCUT2D eigenvalue weighted by Crippen LogP contribution is -2.40. The molecular weight excluding hydrogens is 450 g/mol. The Balaban J connectivity index is 1.65. The monoisotopic (exact) mass is 477 g/mol. The van der Waals surface area contributed by atoms with Gasteiger partial charge in [0.05, 0.1) is 23.7 Å². The van der Waals surface area contributed by atoms with Crippen LogP contribution in [0.2, 0.25) is 0 Å². The number of rotatable bonds is 5. The number of nitrogens with one attached hydrogen (secondary N) is 1. The number of fused-ring (bicyclic) bond motifs is 1. The number of aryl methyl sites for hydroxylation is 2. The van der Waals surface area contributed by atoms with E-state index in [-0.39, 0.29) is 23.5 Å². The van der Waals surface area contributed by atoms with E-state index in [1.807, 2.05) is 0 Å². The SMILES string of the molecule is Cc1ccc(S(=O)(=O)N2CCOCC2)cc1C(=O)Nc1sc2c(c1C(N)=O)CCCCC2. The van der Waals surface area contributed by atoms with Crippen molar-refractivity contribution in [1.82, 2.24) is 4.31 Å². The van der Waals surface area contributed by atoms with Crippen molar-refractivity contribution in [3.63, 3.8) is 0 Å². The van der Waals surface area contributed by atoms with Gasteiger partial charge in [0.15, 0.2) is 0 Å². The summed E-state index contributed by atoms with van der Waals surface area (Å²) in [5.74, 6) is -1.01. The van der Waals surface area contributed by atoms with Crippen molar-refractivity contribution in [2.45, 2.75) is 43.9 Å². The first-order valence-electron chi connectivity index (χ1n) is 10.7. The topological polar surface area (TPSA) is 119 Å². The van der Waals surface area contributed by atoms with Crippen LogP contribution in [0.4, 0.5) is 5.00 Å². The summed E-state index contributed by atoms with van der Waals surface area (Å²) >= 11 is 1.39. The van der Waals surface area contributed by atoms with E-state index in [4.69, 9.17) is 10.5 Å². The van der Waals surface area contributed by atoms with E-state index in [0.29, 0.717) is 29.3 Å². The fourth-order valence-electron chi connectivity index (χ4n) is 4.20. The second-order valence-corrected chi connectivity index (χ2v) is 11.1. The minimum absolute atomic E-state index is 0.0623. The molecule has 1 saturated heterocycles. The molecule has 1 aromatic carbocycles. The lowest BCUT2D eigenvalue weighted by atomic mass is 10.0. The Bertz CT molecular complexity index is 1150. The van der Waals surface area contributed by atoms with Crippen LogP contribution in [-0.2, 0) is 27.6 Å². The molecule has 2 aliphatic rings. The van der Waals surface area contributed by atoms with E-state index >= 15 is 0 Å². The maximum absolute atomic E-state index is 13.2. The van der Waals surface area contributed by atoms with E-state index < -0.39 is 21.8 Å². The Morgan fingerprint density at radius 2 is 1.84 bits per heavy atom. The van der Waals surface area contributed by atoms with E-state index in [1.54, 1.807) is 13.0 Å². The van der Waals surface area contributed by atoms with Crippen molar-refractivity contribution in [1.29, 1.82) is 0 Å². The summed E-state index contributed by atoms with van der Waals surface area (Å²) in [7, 11) is -3.73. The molecule has 1 aliphatic heterocycles. The molecule has 0 atom stereocenters. The maximum atomic E-state index is 13.2. The third kappa shape index (κ3) is 4.45. The van der Waals surface area contributed by atoms with E-state index in [1.165, 1.54) is 27.8 Å². The zero-order valence-electron chi connectivity index (χ0n) is 18.0. The van der Waals surface area contributed by atoms with Gasteiger partial charge in [-0.2, -0.15) is 4.31 Å². The molecule has 1 aliphatic carbocycles. The molecule has 10 heteroatoms. The number of ether oxygens (including phenoxy) is 1. The average molecular weight is 478 g/mol. The fraction of sp³-hybridized carbons (Fsp3) is 0.455. The van der Waals surface area contributed by atoms with Crippen LogP contribution in [0.1, 0.15) is 56.0 Å². The van der Waals surface area contributed by atoms with Crippen LogP contribution < -0.4 is 11.1 Å². The van der Waals surface area contributed by atoms with Gasteiger partial charge in [-0.3, -0.25) is 9.59 Å². The predicted octanol–water partition coefficient (Wildman–Crippen LogP) is 2.70. The number of morpholine rings is 1. The molecule has 2 aromatic rings. The van der Waals surface area contributed by atoms with E-state index in [2.05, 4.69) is 5.32 Å². The van der Waals surface area contributed by atoms with Crippen LogP contribution in [-0.4, -0.2) is 50.8 Å². The van der Waals surface area contributed by atoms with Crippen molar-refractivity contribution in [2.24, 2.45) is 5.73 Å². The Kier molecular flexibility index (Phi) is 6.66. The summed E-state index contributed by atoms with van der Waals surface area (Å²) in [4.78, 5) is 26.5. The molecule has 2 heterocycles. The van der Waals surface area contributed by atoms with Gasteiger partial charge in [-0.1, -0.05) is 12.5 Å². The third-order valence-corrected chi connectivity index (χ3v) is 9.06. The molecular formula is C22H27N3O5S2. The molecule has 8 nitrogen and oxygen atoms in total. The number of thiophene rings is 1. The molecule has 1 aromatic heterocycles. The maximum Gasteiger partial charge on any atom is 0.256 e. The summed E-state index contributed by atoms with van der Waals surface area (Å²) in [6.45, 7) is 2.99. The highest BCUT2D eigenvalue weighted by Crippen LogP contribution is 2.37. The van der Waals surface area contributed by atoms with Crippen LogP contribution in [0, 0.1) is 6.92 Å². The highest BCUT2D eigenvalue weighted by Gasteiger charge is 2.28. The van der Waals surface area contributed by atoms with Gasteiger partial charge < -0.3 is 15.8 Å². The van der Waals surface area contributed by atoms with E-state index in [9.17, 15) is 18.0 Å². The van der Waals surface area contributed by atoms with Crippen LogP contribution in [0.5, 0.6) is 0 Å². The Labute approximate surface area is 191 Å². The highest BCUT2D eigenvalue weighted by atomic mass is 32.2. The summed E-state index contributed by atoms with van der Waals surface area (Å²) < 4.78 is 32.6. The average Bonchev–Trinajstić information content (AvgIpc) is 2.95. The molecule has 32 heavy (non-hydrogen) atoms. The summed E-state index contributed by atoms with van der Waals surface area (Å²) in [5.41, 5.74) is 7.88.